The van der Waals surface area contributed by atoms with Gasteiger partial charge in [0.1, 0.15) is 23.6 Å². The molecule has 3 amide bonds. The van der Waals surface area contributed by atoms with E-state index in [0.717, 1.165) is 59.3 Å². The number of nitrogens with two attached hydrogens (primary N) is 1. The van der Waals surface area contributed by atoms with E-state index in [2.05, 4.69) is 30.9 Å². The molecule has 0 unspecified atom stereocenters. The van der Waals surface area contributed by atoms with Crippen LogP contribution in [0, 0.1) is 20.8 Å². The number of aromatic carboxylic acids is 1. The number of rotatable bonds is 16. The molecule has 0 aliphatic rings. The standard InChI is InChI=1S/C23H25N3O5S.C15H19N3O3S.C9H7NO2S/c1-3-11-30-22(28)18(26-23(29)31-14-16-7-5-4-6-8-16)13-25-21(27)19-12-17-20(32-19)15(2)9-10-24-17;1-3-6-21-15(20)10(16)8-18-14(19)12-7-11-13(22-12)9(2)4-5-17-11;1-5-2-3-10-6-4-7(9(11)12)13-8(5)6/h4-10,12,18H,3,11,13-14H2,1-2H3,(H,25,27)(H,26,29);4-5,7,10H,3,6,8,16H2,1-2H3,(H,18,19);2-4H,1H3,(H,11,12)/t18-;10-;/m11./s1. The fourth-order valence-electron chi connectivity index (χ4n) is 5.89. The highest BCUT2D eigenvalue weighted by Crippen LogP contribution is 2.28. The number of pyridine rings is 3. The summed E-state index contributed by atoms with van der Waals surface area (Å²) in [7, 11) is 0. The molecule has 0 spiro atoms. The van der Waals surface area contributed by atoms with Crippen LogP contribution in [0.1, 0.15) is 78.0 Å². The molecule has 0 aliphatic carbocycles. The lowest BCUT2D eigenvalue weighted by molar-refractivity contribution is -0.146. The van der Waals surface area contributed by atoms with Gasteiger partial charge in [-0.2, -0.15) is 0 Å². The van der Waals surface area contributed by atoms with Gasteiger partial charge in [0.25, 0.3) is 11.8 Å². The number of thiophene rings is 3. The van der Waals surface area contributed by atoms with Gasteiger partial charge in [0.2, 0.25) is 0 Å². The van der Waals surface area contributed by atoms with Crippen molar-refractivity contribution in [2.24, 2.45) is 5.73 Å². The van der Waals surface area contributed by atoms with Crippen LogP contribution in [0.2, 0.25) is 0 Å². The highest BCUT2D eigenvalue weighted by molar-refractivity contribution is 7.21. The molecule has 7 rings (SSSR count). The molecule has 6 aromatic heterocycles. The third-order valence-corrected chi connectivity index (χ3v) is 13.2. The van der Waals surface area contributed by atoms with Crippen LogP contribution in [-0.4, -0.2) is 94.3 Å². The molecule has 352 valence electrons. The Hall–Kier alpha value is -6.87. The van der Waals surface area contributed by atoms with Gasteiger partial charge in [-0.1, -0.05) is 44.2 Å². The number of carboxylic acids is 1. The van der Waals surface area contributed by atoms with Crippen molar-refractivity contribution in [1.82, 2.24) is 30.9 Å². The van der Waals surface area contributed by atoms with Crippen molar-refractivity contribution in [2.75, 3.05) is 26.3 Å². The predicted octanol–water partition coefficient (Wildman–Crippen LogP) is 7.50. The van der Waals surface area contributed by atoms with E-state index in [1.165, 1.54) is 34.0 Å². The van der Waals surface area contributed by atoms with Gasteiger partial charge < -0.3 is 41.0 Å². The SMILES string of the molecule is CCCOC(=O)[C@@H](CNC(=O)c1cc2nccc(C)c2s1)NC(=O)OCc1ccccc1.CCCOC(=O)[C@H](N)CNC(=O)c1cc2nccc(C)c2s1.Cc1ccnc2cc(C(=O)O)sc12. The van der Waals surface area contributed by atoms with E-state index in [0.29, 0.717) is 27.7 Å². The summed E-state index contributed by atoms with van der Waals surface area (Å²) in [5.41, 5.74) is 12.0. The quantitative estimate of drug-likeness (QED) is 0.0465. The Morgan fingerprint density at radius 3 is 1.54 bits per heavy atom. The number of nitrogens with zero attached hydrogens (tertiary/aromatic N) is 3. The molecule has 2 atom stereocenters. The highest BCUT2D eigenvalue weighted by atomic mass is 32.1. The van der Waals surface area contributed by atoms with E-state index in [-0.39, 0.29) is 38.1 Å². The largest absolute Gasteiger partial charge is 0.477 e. The minimum absolute atomic E-state index is 0.0437. The van der Waals surface area contributed by atoms with E-state index >= 15 is 0 Å². The average molecular weight is 970 g/mol. The summed E-state index contributed by atoms with van der Waals surface area (Å²) >= 11 is 3.97. The normalized spacial score (nSPS) is 11.6. The first kappa shape index (κ1) is 51.1. The molecule has 20 heteroatoms. The van der Waals surface area contributed by atoms with E-state index in [4.69, 9.17) is 25.1 Å². The number of fused-ring (bicyclic) bond motifs is 3. The number of carbonyl (C=O) groups excluding carboxylic acids is 5. The van der Waals surface area contributed by atoms with Gasteiger partial charge in [0.05, 0.1) is 53.6 Å². The summed E-state index contributed by atoms with van der Waals surface area (Å²) in [5.74, 6) is -2.66. The van der Waals surface area contributed by atoms with Crippen molar-refractivity contribution >= 4 is 100 Å². The number of benzene rings is 1. The van der Waals surface area contributed by atoms with Crippen LogP contribution in [0.25, 0.3) is 30.6 Å². The van der Waals surface area contributed by atoms with Crippen molar-refractivity contribution in [3.63, 3.8) is 0 Å². The third-order valence-electron chi connectivity index (χ3n) is 9.42. The second-order valence-electron chi connectivity index (χ2n) is 14.8. The fraction of sp³-hybridized carbons (Fsp3) is 0.298. The first-order valence-electron chi connectivity index (χ1n) is 21.1. The van der Waals surface area contributed by atoms with Gasteiger partial charge in [-0.3, -0.25) is 29.3 Å². The number of alkyl carbamates (subject to hydrolysis) is 1. The number of nitrogens with one attached hydrogen (secondary N) is 3. The fourth-order valence-corrected chi connectivity index (χ4v) is 8.82. The van der Waals surface area contributed by atoms with Gasteiger partial charge in [0.15, 0.2) is 0 Å². The van der Waals surface area contributed by atoms with Crippen LogP contribution in [0.15, 0.2) is 85.3 Å². The van der Waals surface area contributed by atoms with Crippen LogP contribution in [0.5, 0.6) is 0 Å². The number of ether oxygens (including phenoxy) is 3. The van der Waals surface area contributed by atoms with Crippen molar-refractivity contribution < 1.29 is 48.1 Å². The predicted molar refractivity (Wildman–Crippen MR) is 259 cm³/mol. The van der Waals surface area contributed by atoms with Crippen molar-refractivity contribution in [3.05, 3.63) is 122 Å². The summed E-state index contributed by atoms with van der Waals surface area (Å²) in [5, 5.41) is 16.6. The lowest BCUT2D eigenvalue weighted by Gasteiger charge is -2.18. The zero-order chi connectivity index (χ0) is 48.5. The number of aryl methyl sites for hydroxylation is 3. The second-order valence-corrected chi connectivity index (χ2v) is 17.9. The maximum Gasteiger partial charge on any atom is 0.408 e. The summed E-state index contributed by atoms with van der Waals surface area (Å²) in [6, 6.07) is 17.9. The van der Waals surface area contributed by atoms with Crippen LogP contribution in [-0.2, 0) is 30.4 Å². The smallest absolute Gasteiger partial charge is 0.408 e. The summed E-state index contributed by atoms with van der Waals surface area (Å²) < 4.78 is 18.1. The maximum absolute atomic E-state index is 12.6. The summed E-state index contributed by atoms with van der Waals surface area (Å²) in [4.78, 5) is 85.5. The van der Waals surface area contributed by atoms with Crippen LogP contribution >= 0.6 is 34.0 Å². The molecule has 0 radical (unpaired) electrons. The monoisotopic (exact) mass is 969 g/mol. The van der Waals surface area contributed by atoms with Crippen molar-refractivity contribution in [1.29, 1.82) is 0 Å². The number of carbonyl (C=O) groups is 6. The number of carboxylic acid groups (broad SMARTS) is 1. The van der Waals surface area contributed by atoms with Gasteiger partial charge in [-0.25, -0.2) is 14.4 Å². The molecular formula is C47H51N7O10S3. The highest BCUT2D eigenvalue weighted by Gasteiger charge is 2.25. The molecular weight excluding hydrogens is 919 g/mol. The lowest BCUT2D eigenvalue weighted by atomic mass is 10.2. The number of hydrogen-bond donors (Lipinski definition) is 5. The number of amides is 3. The summed E-state index contributed by atoms with van der Waals surface area (Å²) in [6.45, 7) is 10.2. The van der Waals surface area contributed by atoms with Crippen LogP contribution in [0.3, 0.4) is 0 Å². The van der Waals surface area contributed by atoms with Gasteiger partial charge in [-0.15, -0.1) is 34.0 Å². The average Bonchev–Trinajstić information content (AvgIpc) is 4.10. The molecule has 0 saturated heterocycles. The van der Waals surface area contributed by atoms with Crippen LogP contribution < -0.4 is 21.7 Å². The Morgan fingerprint density at radius 1 is 0.627 bits per heavy atom. The molecule has 0 bridgehead atoms. The van der Waals surface area contributed by atoms with E-state index in [1.54, 1.807) is 36.8 Å². The molecule has 6 N–H and O–H groups in total. The van der Waals surface area contributed by atoms with Gasteiger partial charge >= 0.3 is 24.0 Å². The van der Waals surface area contributed by atoms with Gasteiger partial charge in [-0.05, 0) is 92.3 Å². The van der Waals surface area contributed by atoms with Crippen LogP contribution in [0.4, 0.5) is 4.79 Å². The zero-order valence-corrected chi connectivity index (χ0v) is 39.9. The number of hydrogen-bond acceptors (Lipinski definition) is 16. The molecule has 6 heterocycles. The molecule has 17 nitrogen and oxygen atoms in total. The van der Waals surface area contributed by atoms with Crippen molar-refractivity contribution in [3.8, 4) is 0 Å². The Labute approximate surface area is 398 Å². The Bertz CT molecular complexity index is 2830. The zero-order valence-electron chi connectivity index (χ0n) is 37.5. The molecule has 0 fully saturated rings. The first-order valence-corrected chi connectivity index (χ1v) is 23.5. The van der Waals surface area contributed by atoms with Crippen molar-refractivity contribution in [2.45, 2.75) is 66.2 Å². The minimum Gasteiger partial charge on any atom is -0.477 e. The maximum atomic E-state index is 12.6. The summed E-state index contributed by atoms with van der Waals surface area (Å²) in [6.07, 6.45) is 5.69. The lowest BCUT2D eigenvalue weighted by Crippen LogP contribution is -2.49. The molecule has 1 aromatic carbocycles. The molecule has 0 aliphatic heterocycles. The molecule has 67 heavy (non-hydrogen) atoms. The van der Waals surface area contributed by atoms with Gasteiger partial charge in [0, 0.05) is 31.7 Å². The third kappa shape index (κ3) is 14.8. The van der Waals surface area contributed by atoms with E-state index in [9.17, 15) is 28.8 Å². The Kier molecular flexibility index (Phi) is 19.2. The minimum atomic E-state index is -1.08. The topological polar surface area (TPSA) is 251 Å². The molecule has 0 saturated carbocycles. The van der Waals surface area contributed by atoms with E-state index < -0.39 is 36.1 Å². The Morgan fingerprint density at radius 2 is 1.07 bits per heavy atom. The molecule has 7 aromatic rings. The Balaban J connectivity index is 0.000000206. The van der Waals surface area contributed by atoms with E-state index in [1.807, 2.05) is 83.1 Å². The second kappa shape index (κ2) is 25.2. The number of aromatic nitrogens is 3. The first-order chi connectivity index (χ1) is 32.2. The number of esters is 2.